The first-order valence-electron chi connectivity index (χ1n) is 3.61. The molecule has 11 heavy (non-hydrogen) atoms. The Hall–Kier alpha value is -0.661. The topological polar surface area (TPSA) is 25.8 Å². The number of allylic oxidation sites excluding steroid dienone is 3. The molecule has 1 aliphatic rings. The van der Waals surface area contributed by atoms with Crippen LogP contribution in [0.5, 0.6) is 0 Å². The predicted octanol–water partition coefficient (Wildman–Crippen LogP) is 1.05. The van der Waals surface area contributed by atoms with Crippen molar-refractivity contribution >= 4 is 20.8 Å². The number of nitrogens with zero attached hydrogens (tertiary/aromatic N) is 2. The van der Waals surface area contributed by atoms with Crippen molar-refractivity contribution in [3.8, 4) is 0 Å². The molecule has 2 nitrogen and oxygen atoms in total. The van der Waals surface area contributed by atoms with Gasteiger partial charge in [0.05, 0.1) is 0 Å². The Bertz CT molecular complexity index is 299. The molecule has 56 valence electrons. The summed E-state index contributed by atoms with van der Waals surface area (Å²) in [6.45, 7) is 0. The number of aromatic nitrogens is 2. The van der Waals surface area contributed by atoms with Crippen LogP contribution < -0.4 is 0 Å². The molecule has 0 saturated heterocycles. The van der Waals surface area contributed by atoms with Crippen molar-refractivity contribution in [1.29, 1.82) is 0 Å². The molecule has 0 saturated carbocycles. The summed E-state index contributed by atoms with van der Waals surface area (Å²) >= 11 is 0.261. The van der Waals surface area contributed by atoms with Crippen molar-refractivity contribution in [2.75, 3.05) is 0 Å². The van der Waals surface area contributed by atoms with Crippen LogP contribution in [0.15, 0.2) is 18.2 Å². The van der Waals surface area contributed by atoms with E-state index in [1.54, 1.807) is 0 Å². The van der Waals surface area contributed by atoms with Gasteiger partial charge in [0.15, 0.2) is 0 Å². The van der Waals surface area contributed by atoms with Crippen LogP contribution in [0.3, 0.4) is 0 Å². The molecule has 0 aromatic carbocycles. The third kappa shape index (κ3) is 1.50. The van der Waals surface area contributed by atoms with Crippen LogP contribution in [-0.4, -0.2) is 23.9 Å². The van der Waals surface area contributed by atoms with E-state index < -0.39 is 0 Å². The third-order valence-electron chi connectivity index (χ3n) is 1.63. The van der Waals surface area contributed by atoms with Crippen molar-refractivity contribution in [1.82, 2.24) is 9.19 Å². The van der Waals surface area contributed by atoms with Crippen molar-refractivity contribution < 1.29 is 0 Å². The minimum atomic E-state index is 0.261. The van der Waals surface area contributed by atoms with Crippen LogP contribution in [-0.2, 0) is 6.42 Å². The van der Waals surface area contributed by atoms with Crippen molar-refractivity contribution in [3.05, 3.63) is 28.4 Å². The molecule has 0 N–H and O–H groups in total. The Balaban J connectivity index is 2.39. The summed E-state index contributed by atoms with van der Waals surface area (Å²) in [5, 5.41) is 4.11. The molecule has 2 rings (SSSR count). The third-order valence-corrected chi connectivity index (χ3v) is 3.16. The van der Waals surface area contributed by atoms with Gasteiger partial charge < -0.3 is 0 Å². The molecule has 3 heteroatoms. The summed E-state index contributed by atoms with van der Waals surface area (Å²) in [5.74, 6) is 0. The Morgan fingerprint density at radius 2 is 2.36 bits per heavy atom. The molecule has 1 aliphatic carbocycles. The molecule has 1 aromatic heterocycles. The summed E-state index contributed by atoms with van der Waals surface area (Å²) in [4.78, 5) is 0. The van der Waals surface area contributed by atoms with Gasteiger partial charge in [0, 0.05) is 0 Å². The quantitative estimate of drug-likeness (QED) is 0.599. The minimum absolute atomic E-state index is 0.261. The second-order valence-electron chi connectivity index (χ2n) is 2.41. The first-order valence-corrected chi connectivity index (χ1v) is 5.23. The maximum absolute atomic E-state index is 4.11. The standard InChI is InChI=1S/C8H8N2Se/c1-2-4-6-8-7(5-3-1)9-10-11-8/h1-2,4,6H,3,5H2/b2-1-,6-4-. The molecule has 0 bridgehead atoms. The Morgan fingerprint density at radius 1 is 1.36 bits per heavy atom. The van der Waals surface area contributed by atoms with E-state index in [2.05, 4.69) is 33.5 Å². The van der Waals surface area contributed by atoms with Crippen molar-refractivity contribution in [3.63, 3.8) is 0 Å². The zero-order valence-corrected chi connectivity index (χ0v) is 7.74. The fourth-order valence-corrected chi connectivity index (χ4v) is 2.34. The number of hydrogen-bond donors (Lipinski definition) is 0. The van der Waals surface area contributed by atoms with E-state index in [1.165, 1.54) is 10.1 Å². The normalized spacial score (nSPS) is 21.5. The van der Waals surface area contributed by atoms with Gasteiger partial charge in [-0.25, -0.2) is 0 Å². The Kier molecular flexibility index (Phi) is 2.01. The van der Waals surface area contributed by atoms with Gasteiger partial charge in [-0.2, -0.15) is 0 Å². The second kappa shape index (κ2) is 3.16. The first-order chi connectivity index (χ1) is 5.47. The van der Waals surface area contributed by atoms with Crippen LogP contribution in [0.4, 0.5) is 0 Å². The van der Waals surface area contributed by atoms with Crippen LogP contribution in [0.1, 0.15) is 16.6 Å². The van der Waals surface area contributed by atoms with Gasteiger partial charge in [0.25, 0.3) is 0 Å². The van der Waals surface area contributed by atoms with Gasteiger partial charge in [-0.05, 0) is 0 Å². The number of aryl methyl sites for hydroxylation is 1. The molecule has 0 spiro atoms. The van der Waals surface area contributed by atoms with Crippen molar-refractivity contribution in [2.24, 2.45) is 0 Å². The van der Waals surface area contributed by atoms with Crippen molar-refractivity contribution in [2.45, 2.75) is 12.8 Å². The van der Waals surface area contributed by atoms with Crippen LogP contribution in [0.2, 0.25) is 0 Å². The molecule has 0 unspecified atom stereocenters. The average molecular weight is 211 g/mol. The van der Waals surface area contributed by atoms with E-state index in [-0.39, 0.29) is 14.7 Å². The van der Waals surface area contributed by atoms with E-state index in [0.29, 0.717) is 0 Å². The molecular formula is C8H8N2Se. The Labute approximate surface area is 71.6 Å². The molecule has 1 aromatic rings. The fourth-order valence-electron chi connectivity index (χ4n) is 1.05. The predicted molar refractivity (Wildman–Crippen MR) is 45.5 cm³/mol. The van der Waals surface area contributed by atoms with Gasteiger partial charge in [0.1, 0.15) is 0 Å². The molecule has 0 radical (unpaired) electrons. The zero-order chi connectivity index (χ0) is 7.52. The van der Waals surface area contributed by atoms with E-state index in [9.17, 15) is 0 Å². The number of hydrogen-bond acceptors (Lipinski definition) is 2. The van der Waals surface area contributed by atoms with Gasteiger partial charge in [-0.3, -0.25) is 0 Å². The van der Waals surface area contributed by atoms with Crippen LogP contribution in [0, 0.1) is 0 Å². The molecule has 0 fully saturated rings. The molecular weight excluding hydrogens is 203 g/mol. The van der Waals surface area contributed by atoms with Gasteiger partial charge >= 0.3 is 71.2 Å². The summed E-state index contributed by atoms with van der Waals surface area (Å²) < 4.78 is 5.39. The van der Waals surface area contributed by atoms with Gasteiger partial charge in [0.2, 0.25) is 0 Å². The van der Waals surface area contributed by atoms with Crippen LogP contribution in [0.25, 0.3) is 6.08 Å². The first kappa shape index (κ1) is 7.01. The summed E-state index contributed by atoms with van der Waals surface area (Å²) in [5.41, 5.74) is 1.20. The average Bonchev–Trinajstić information content (AvgIpc) is 2.35. The van der Waals surface area contributed by atoms with E-state index >= 15 is 0 Å². The monoisotopic (exact) mass is 212 g/mol. The van der Waals surface area contributed by atoms with Crippen LogP contribution >= 0.6 is 0 Å². The molecule has 0 amide bonds. The van der Waals surface area contributed by atoms with Gasteiger partial charge in [-0.15, -0.1) is 0 Å². The van der Waals surface area contributed by atoms with E-state index in [0.717, 1.165) is 12.8 Å². The summed E-state index contributed by atoms with van der Waals surface area (Å²) in [6.07, 6.45) is 10.6. The molecule has 0 aliphatic heterocycles. The maximum atomic E-state index is 4.11. The second-order valence-corrected chi connectivity index (χ2v) is 4.06. The Morgan fingerprint density at radius 3 is 3.36 bits per heavy atom. The molecule has 0 atom stereocenters. The SMILES string of the molecule is C1=C\CCc2nn[se]c2\C=C/1. The molecule has 1 heterocycles. The van der Waals surface area contributed by atoms with E-state index in [4.69, 9.17) is 0 Å². The number of rotatable bonds is 0. The van der Waals surface area contributed by atoms with Gasteiger partial charge in [-0.1, -0.05) is 0 Å². The zero-order valence-electron chi connectivity index (χ0n) is 6.03. The fraction of sp³-hybridized carbons (Fsp3) is 0.250. The summed E-state index contributed by atoms with van der Waals surface area (Å²) in [7, 11) is 0. The summed E-state index contributed by atoms with van der Waals surface area (Å²) in [6, 6.07) is 0. The van der Waals surface area contributed by atoms with E-state index in [1.807, 2.05) is 0 Å². The number of fused-ring (bicyclic) bond motifs is 1.